The monoisotopic (exact) mass is 222 g/mol. The van der Waals surface area contributed by atoms with Crippen molar-refractivity contribution < 1.29 is 4.42 Å². The second-order valence-electron chi connectivity index (χ2n) is 4.65. The summed E-state index contributed by atoms with van der Waals surface area (Å²) in [5.74, 6) is 1.08. The molecule has 1 aliphatic rings. The molecule has 0 aromatic carbocycles. The fourth-order valence-corrected chi connectivity index (χ4v) is 2.24. The Morgan fingerprint density at radius 1 is 1.31 bits per heavy atom. The summed E-state index contributed by atoms with van der Waals surface area (Å²) in [4.78, 5) is 5.05. The third-order valence-electron chi connectivity index (χ3n) is 3.58. The van der Waals surface area contributed by atoms with Gasteiger partial charge in [0.15, 0.2) is 0 Å². The summed E-state index contributed by atoms with van der Waals surface area (Å²) >= 11 is 0. The van der Waals surface area contributed by atoms with E-state index in [1.807, 2.05) is 6.07 Å². The van der Waals surface area contributed by atoms with Gasteiger partial charge in [-0.15, -0.1) is 0 Å². The third kappa shape index (κ3) is 2.86. The predicted octanol–water partition coefficient (Wildman–Crippen LogP) is 2.20. The topological polar surface area (TPSA) is 19.6 Å². The maximum atomic E-state index is 5.38. The van der Waals surface area contributed by atoms with Gasteiger partial charge in [-0.05, 0) is 25.5 Å². The van der Waals surface area contributed by atoms with Gasteiger partial charge in [0.2, 0.25) is 0 Å². The molecule has 90 valence electrons. The van der Waals surface area contributed by atoms with Crippen molar-refractivity contribution in [1.82, 2.24) is 9.80 Å². The summed E-state index contributed by atoms with van der Waals surface area (Å²) in [6.07, 6.45) is 3.00. The van der Waals surface area contributed by atoms with Crippen molar-refractivity contribution in [3.8, 4) is 0 Å². The Bertz CT molecular complexity index is 289. The van der Waals surface area contributed by atoms with Crippen LogP contribution in [0.4, 0.5) is 0 Å². The van der Waals surface area contributed by atoms with Gasteiger partial charge in [-0.3, -0.25) is 9.80 Å². The highest BCUT2D eigenvalue weighted by atomic mass is 16.3. The van der Waals surface area contributed by atoms with E-state index in [9.17, 15) is 0 Å². The number of rotatable bonds is 4. The molecule has 16 heavy (non-hydrogen) atoms. The van der Waals surface area contributed by atoms with E-state index < -0.39 is 0 Å². The molecule has 1 saturated heterocycles. The highest BCUT2D eigenvalue weighted by Gasteiger charge is 2.20. The van der Waals surface area contributed by atoms with E-state index in [-0.39, 0.29) is 0 Å². The zero-order valence-corrected chi connectivity index (χ0v) is 10.4. The maximum Gasteiger partial charge on any atom is 0.117 e. The van der Waals surface area contributed by atoms with Gasteiger partial charge in [0.05, 0.1) is 12.8 Å². The van der Waals surface area contributed by atoms with Crippen LogP contribution in [0.5, 0.6) is 0 Å². The fraction of sp³-hybridized carbons (Fsp3) is 0.692. The zero-order valence-electron chi connectivity index (χ0n) is 10.4. The number of hydrogen-bond acceptors (Lipinski definition) is 3. The van der Waals surface area contributed by atoms with Gasteiger partial charge in [-0.1, -0.05) is 6.92 Å². The van der Waals surface area contributed by atoms with E-state index in [2.05, 4.69) is 29.7 Å². The molecule has 0 unspecified atom stereocenters. The van der Waals surface area contributed by atoms with E-state index in [0.717, 1.165) is 31.4 Å². The lowest BCUT2D eigenvalue weighted by Crippen LogP contribution is -2.48. The first-order valence-corrected chi connectivity index (χ1v) is 6.28. The lowest BCUT2D eigenvalue weighted by atomic mass is 10.2. The molecule has 0 saturated carbocycles. The Kier molecular flexibility index (Phi) is 4.02. The molecule has 1 atom stereocenters. The number of nitrogens with zero attached hydrogens (tertiary/aromatic N) is 2. The summed E-state index contributed by atoms with van der Waals surface area (Å²) in [7, 11) is 0. The lowest BCUT2D eigenvalue weighted by Gasteiger charge is -2.37. The van der Waals surface area contributed by atoms with Crippen LogP contribution >= 0.6 is 0 Å². The smallest absolute Gasteiger partial charge is 0.117 e. The summed E-state index contributed by atoms with van der Waals surface area (Å²) in [6, 6.07) is 4.75. The molecule has 0 aliphatic carbocycles. The molecule has 3 heteroatoms. The molecule has 2 rings (SSSR count). The Labute approximate surface area is 98.0 Å². The largest absolute Gasteiger partial charge is 0.468 e. The second kappa shape index (κ2) is 5.51. The standard InChI is InChI=1S/C13H22N2O/c1-3-12(2)15-8-6-14(7-9-15)11-13-5-4-10-16-13/h4-5,10,12H,3,6-9,11H2,1-2H3/t12-/m1/s1. The first kappa shape index (κ1) is 11.7. The van der Waals surface area contributed by atoms with Crippen LogP contribution in [0.2, 0.25) is 0 Å². The highest BCUT2D eigenvalue weighted by Crippen LogP contribution is 2.11. The normalized spacial score (nSPS) is 21.1. The van der Waals surface area contributed by atoms with Crippen LogP contribution in [0.25, 0.3) is 0 Å². The van der Waals surface area contributed by atoms with Gasteiger partial charge in [0.1, 0.15) is 5.76 Å². The minimum absolute atomic E-state index is 0.728. The van der Waals surface area contributed by atoms with Crippen LogP contribution < -0.4 is 0 Å². The summed E-state index contributed by atoms with van der Waals surface area (Å²) in [5, 5.41) is 0. The van der Waals surface area contributed by atoms with Crippen LogP contribution in [-0.4, -0.2) is 42.0 Å². The molecule has 0 spiro atoms. The molecule has 0 radical (unpaired) electrons. The molecule has 1 aromatic heterocycles. The van der Waals surface area contributed by atoms with Crippen molar-refractivity contribution in [2.45, 2.75) is 32.9 Å². The van der Waals surface area contributed by atoms with Gasteiger partial charge in [0.25, 0.3) is 0 Å². The van der Waals surface area contributed by atoms with Crippen LogP contribution in [0.15, 0.2) is 22.8 Å². The maximum absolute atomic E-state index is 5.38. The van der Waals surface area contributed by atoms with Gasteiger partial charge < -0.3 is 4.42 Å². The average molecular weight is 222 g/mol. The fourth-order valence-electron chi connectivity index (χ4n) is 2.24. The molecule has 0 bridgehead atoms. The van der Waals surface area contributed by atoms with Gasteiger partial charge in [0, 0.05) is 32.2 Å². The molecular formula is C13H22N2O. The molecule has 1 aromatic rings. The lowest BCUT2D eigenvalue weighted by molar-refractivity contribution is 0.0920. The van der Waals surface area contributed by atoms with Crippen molar-refractivity contribution in [2.24, 2.45) is 0 Å². The van der Waals surface area contributed by atoms with E-state index in [0.29, 0.717) is 0 Å². The first-order valence-electron chi connectivity index (χ1n) is 6.28. The Balaban J connectivity index is 1.77. The van der Waals surface area contributed by atoms with Crippen LogP contribution in [-0.2, 0) is 6.54 Å². The molecule has 3 nitrogen and oxygen atoms in total. The van der Waals surface area contributed by atoms with Crippen molar-refractivity contribution in [2.75, 3.05) is 26.2 Å². The van der Waals surface area contributed by atoms with E-state index in [4.69, 9.17) is 4.42 Å². The highest BCUT2D eigenvalue weighted by molar-refractivity contribution is 4.98. The minimum Gasteiger partial charge on any atom is -0.468 e. The van der Waals surface area contributed by atoms with Crippen LogP contribution in [0.1, 0.15) is 26.0 Å². The minimum atomic E-state index is 0.728. The predicted molar refractivity (Wildman–Crippen MR) is 65.3 cm³/mol. The van der Waals surface area contributed by atoms with Crippen molar-refractivity contribution in [3.05, 3.63) is 24.2 Å². The van der Waals surface area contributed by atoms with Gasteiger partial charge in [-0.25, -0.2) is 0 Å². The SMILES string of the molecule is CC[C@@H](C)N1CCN(Cc2ccco2)CC1. The molecule has 2 heterocycles. The van der Waals surface area contributed by atoms with E-state index in [1.165, 1.54) is 19.5 Å². The summed E-state index contributed by atoms with van der Waals surface area (Å²) in [6.45, 7) is 10.2. The van der Waals surface area contributed by atoms with Crippen LogP contribution in [0.3, 0.4) is 0 Å². The van der Waals surface area contributed by atoms with Crippen molar-refractivity contribution >= 4 is 0 Å². The second-order valence-corrected chi connectivity index (χ2v) is 4.65. The van der Waals surface area contributed by atoms with Crippen molar-refractivity contribution in [3.63, 3.8) is 0 Å². The third-order valence-corrected chi connectivity index (χ3v) is 3.58. The molecule has 1 fully saturated rings. The zero-order chi connectivity index (χ0) is 11.4. The Hall–Kier alpha value is -0.800. The van der Waals surface area contributed by atoms with Crippen molar-refractivity contribution in [1.29, 1.82) is 0 Å². The molecule has 1 aliphatic heterocycles. The van der Waals surface area contributed by atoms with E-state index in [1.54, 1.807) is 6.26 Å². The molecule has 0 N–H and O–H groups in total. The van der Waals surface area contributed by atoms with Gasteiger partial charge >= 0.3 is 0 Å². The average Bonchev–Trinajstić information content (AvgIpc) is 2.82. The Morgan fingerprint density at radius 2 is 2.06 bits per heavy atom. The van der Waals surface area contributed by atoms with Crippen LogP contribution in [0, 0.1) is 0 Å². The quantitative estimate of drug-likeness (QED) is 0.778. The molecular weight excluding hydrogens is 200 g/mol. The molecule has 0 amide bonds. The van der Waals surface area contributed by atoms with Gasteiger partial charge in [-0.2, -0.15) is 0 Å². The number of furan rings is 1. The summed E-state index contributed by atoms with van der Waals surface area (Å²) < 4.78 is 5.38. The van der Waals surface area contributed by atoms with E-state index >= 15 is 0 Å². The number of piperazine rings is 1. The number of hydrogen-bond donors (Lipinski definition) is 0. The first-order chi connectivity index (χ1) is 7.79. The Morgan fingerprint density at radius 3 is 2.62 bits per heavy atom. The summed E-state index contributed by atoms with van der Waals surface area (Å²) in [5.41, 5.74) is 0.